The molecule has 2 heterocycles. The van der Waals surface area contributed by atoms with Gasteiger partial charge in [-0.2, -0.15) is 0 Å². The summed E-state index contributed by atoms with van der Waals surface area (Å²) in [5, 5.41) is 3.34. The number of likely N-dealkylation sites (N-methyl/N-ethyl adjacent to an activating group) is 1. The minimum Gasteiger partial charge on any atom is -0.378 e. The third-order valence-electron chi connectivity index (χ3n) is 4.79. The Morgan fingerprint density at radius 3 is 2.30 bits per heavy atom. The number of piperazine rings is 1. The van der Waals surface area contributed by atoms with Crippen molar-refractivity contribution in [2.24, 2.45) is 4.99 Å². The molecule has 0 aromatic heterocycles. The van der Waals surface area contributed by atoms with Crippen molar-refractivity contribution in [1.29, 1.82) is 0 Å². The topological polar surface area (TPSA) is 80.7 Å². The minimum atomic E-state index is -0.0134. The SMILES string of the molecule is CCCNC(=NCC(=O)N(C)C)N1CCN(CC(=O)N2CCOCC2)CC1. The zero-order valence-electron chi connectivity index (χ0n) is 16.9. The molecule has 1 N–H and O–H groups in total. The molecular formula is C18H34N6O3. The number of nitrogens with one attached hydrogen (secondary N) is 1. The lowest BCUT2D eigenvalue weighted by atomic mass is 10.3. The predicted octanol–water partition coefficient (Wildman–Crippen LogP) is -1.09. The Morgan fingerprint density at radius 1 is 1.04 bits per heavy atom. The Bertz CT molecular complexity index is 511. The van der Waals surface area contributed by atoms with Crippen molar-refractivity contribution in [2.75, 3.05) is 86.2 Å². The Morgan fingerprint density at radius 2 is 1.70 bits per heavy atom. The van der Waals surface area contributed by atoms with E-state index < -0.39 is 0 Å². The lowest BCUT2D eigenvalue weighted by molar-refractivity contribution is -0.136. The number of carbonyl (C=O) groups excluding carboxylic acids is 2. The first-order chi connectivity index (χ1) is 13.0. The van der Waals surface area contributed by atoms with E-state index in [0.29, 0.717) is 32.8 Å². The van der Waals surface area contributed by atoms with Gasteiger partial charge in [0.15, 0.2) is 5.96 Å². The zero-order valence-corrected chi connectivity index (χ0v) is 16.9. The van der Waals surface area contributed by atoms with Crippen molar-refractivity contribution in [3.8, 4) is 0 Å². The van der Waals surface area contributed by atoms with Crippen LogP contribution in [0, 0.1) is 0 Å². The molecule has 0 atom stereocenters. The highest BCUT2D eigenvalue weighted by atomic mass is 16.5. The molecule has 0 bridgehead atoms. The monoisotopic (exact) mass is 382 g/mol. The first-order valence-electron chi connectivity index (χ1n) is 9.82. The molecule has 0 saturated carbocycles. The van der Waals surface area contributed by atoms with Crippen molar-refractivity contribution in [3.05, 3.63) is 0 Å². The van der Waals surface area contributed by atoms with Crippen molar-refractivity contribution in [3.63, 3.8) is 0 Å². The average Bonchev–Trinajstić information content (AvgIpc) is 2.69. The molecule has 27 heavy (non-hydrogen) atoms. The summed E-state index contributed by atoms with van der Waals surface area (Å²) in [6.07, 6.45) is 0.995. The molecule has 2 aliphatic rings. The van der Waals surface area contributed by atoms with Crippen LogP contribution in [0.2, 0.25) is 0 Å². The fourth-order valence-electron chi connectivity index (χ4n) is 3.01. The second-order valence-electron chi connectivity index (χ2n) is 7.11. The van der Waals surface area contributed by atoms with Crippen LogP contribution in [0.3, 0.4) is 0 Å². The number of hydrogen-bond acceptors (Lipinski definition) is 5. The molecule has 2 aliphatic heterocycles. The van der Waals surface area contributed by atoms with Gasteiger partial charge in [-0.05, 0) is 6.42 Å². The summed E-state index contributed by atoms with van der Waals surface area (Å²) < 4.78 is 5.31. The standard InChI is InChI=1S/C18H34N6O3/c1-4-5-19-18(20-14-16(25)21(2)3)24-8-6-22(7-9-24)15-17(26)23-10-12-27-13-11-23/h4-15H2,1-3H3,(H,19,20). The molecule has 9 nitrogen and oxygen atoms in total. The van der Waals surface area contributed by atoms with Crippen LogP contribution in [0.5, 0.6) is 0 Å². The molecule has 0 unspecified atom stereocenters. The normalized spacial score (nSPS) is 19.1. The maximum Gasteiger partial charge on any atom is 0.243 e. The summed E-state index contributed by atoms with van der Waals surface area (Å²) >= 11 is 0. The number of carbonyl (C=O) groups is 2. The molecular weight excluding hydrogens is 348 g/mol. The average molecular weight is 383 g/mol. The van der Waals surface area contributed by atoms with Crippen molar-refractivity contribution in [1.82, 2.24) is 24.9 Å². The summed E-state index contributed by atoms with van der Waals surface area (Å²) in [7, 11) is 3.47. The van der Waals surface area contributed by atoms with E-state index in [9.17, 15) is 9.59 Å². The third-order valence-corrected chi connectivity index (χ3v) is 4.79. The molecule has 0 aliphatic carbocycles. The van der Waals surface area contributed by atoms with Gasteiger partial charge < -0.3 is 24.8 Å². The van der Waals surface area contributed by atoms with Gasteiger partial charge in [-0.1, -0.05) is 6.92 Å². The van der Waals surface area contributed by atoms with E-state index in [2.05, 4.69) is 27.0 Å². The predicted molar refractivity (Wildman–Crippen MR) is 105 cm³/mol. The van der Waals surface area contributed by atoms with E-state index in [4.69, 9.17) is 4.74 Å². The highest BCUT2D eigenvalue weighted by molar-refractivity contribution is 5.85. The number of guanidine groups is 1. The second-order valence-corrected chi connectivity index (χ2v) is 7.11. The van der Waals surface area contributed by atoms with Crippen LogP contribution < -0.4 is 5.32 Å². The number of nitrogens with zero attached hydrogens (tertiary/aromatic N) is 5. The molecule has 2 amide bonds. The molecule has 0 spiro atoms. The maximum atomic E-state index is 12.4. The van der Waals surface area contributed by atoms with E-state index in [1.54, 1.807) is 19.0 Å². The van der Waals surface area contributed by atoms with Gasteiger partial charge in [0.05, 0.1) is 19.8 Å². The van der Waals surface area contributed by atoms with Crippen LogP contribution >= 0.6 is 0 Å². The number of amides is 2. The number of hydrogen-bond donors (Lipinski definition) is 1. The summed E-state index contributed by atoms with van der Waals surface area (Å²) in [4.78, 5) is 36.5. The van der Waals surface area contributed by atoms with Gasteiger partial charge in [0.2, 0.25) is 11.8 Å². The first kappa shape index (κ1) is 21.4. The number of rotatable bonds is 6. The fraction of sp³-hybridized carbons (Fsp3) is 0.833. The largest absolute Gasteiger partial charge is 0.378 e. The van der Waals surface area contributed by atoms with Crippen LogP contribution in [0.15, 0.2) is 4.99 Å². The van der Waals surface area contributed by atoms with Gasteiger partial charge in [0.1, 0.15) is 6.54 Å². The highest BCUT2D eigenvalue weighted by Gasteiger charge is 2.24. The third kappa shape index (κ3) is 6.99. The van der Waals surface area contributed by atoms with Crippen LogP contribution in [0.1, 0.15) is 13.3 Å². The minimum absolute atomic E-state index is 0.0134. The summed E-state index contributed by atoms with van der Waals surface area (Å²) in [5.74, 6) is 0.952. The fourth-order valence-corrected chi connectivity index (χ4v) is 3.01. The Hall–Kier alpha value is -1.87. The molecule has 0 radical (unpaired) electrons. The number of ether oxygens (including phenoxy) is 1. The quantitative estimate of drug-likeness (QED) is 0.464. The molecule has 2 rings (SSSR count). The van der Waals surface area contributed by atoms with E-state index in [1.807, 2.05) is 4.90 Å². The Balaban J connectivity index is 1.83. The van der Waals surface area contributed by atoms with Gasteiger partial charge in [-0.3, -0.25) is 14.5 Å². The van der Waals surface area contributed by atoms with E-state index in [0.717, 1.165) is 45.1 Å². The van der Waals surface area contributed by atoms with E-state index in [1.165, 1.54) is 0 Å². The van der Waals surface area contributed by atoms with Crippen molar-refractivity contribution in [2.45, 2.75) is 13.3 Å². The molecule has 154 valence electrons. The number of aliphatic imine (C=N–C) groups is 1. The Kier molecular flexibility index (Phi) is 8.80. The van der Waals surface area contributed by atoms with Crippen LogP contribution in [-0.4, -0.2) is 124 Å². The van der Waals surface area contributed by atoms with Gasteiger partial charge in [0.25, 0.3) is 0 Å². The Labute approximate surface area is 162 Å². The van der Waals surface area contributed by atoms with Crippen molar-refractivity contribution < 1.29 is 14.3 Å². The maximum absolute atomic E-state index is 12.4. The molecule has 0 aromatic rings. The first-order valence-corrected chi connectivity index (χ1v) is 9.82. The van der Waals surface area contributed by atoms with Crippen molar-refractivity contribution >= 4 is 17.8 Å². The van der Waals surface area contributed by atoms with E-state index >= 15 is 0 Å². The van der Waals surface area contributed by atoms with Crippen LogP contribution in [0.4, 0.5) is 0 Å². The van der Waals surface area contributed by atoms with Crippen LogP contribution in [0.25, 0.3) is 0 Å². The lowest BCUT2D eigenvalue weighted by Gasteiger charge is -2.37. The zero-order chi connectivity index (χ0) is 19.6. The smallest absolute Gasteiger partial charge is 0.243 e. The molecule has 2 saturated heterocycles. The van der Waals surface area contributed by atoms with Gasteiger partial charge >= 0.3 is 0 Å². The van der Waals surface area contributed by atoms with E-state index in [-0.39, 0.29) is 18.4 Å². The molecule has 9 heteroatoms. The lowest BCUT2D eigenvalue weighted by Crippen LogP contribution is -2.55. The summed E-state index contributed by atoms with van der Waals surface area (Å²) in [6, 6.07) is 0. The molecule has 0 aromatic carbocycles. The molecule has 2 fully saturated rings. The van der Waals surface area contributed by atoms with Gasteiger partial charge in [-0.25, -0.2) is 4.99 Å². The summed E-state index contributed by atoms with van der Waals surface area (Å²) in [6.45, 7) is 9.39. The number of morpholine rings is 1. The second kappa shape index (κ2) is 11.1. The highest BCUT2D eigenvalue weighted by Crippen LogP contribution is 2.05. The van der Waals surface area contributed by atoms with Crippen LogP contribution in [-0.2, 0) is 14.3 Å². The van der Waals surface area contributed by atoms with Gasteiger partial charge in [-0.15, -0.1) is 0 Å². The van der Waals surface area contributed by atoms with Gasteiger partial charge in [0, 0.05) is 59.9 Å². The summed E-state index contributed by atoms with van der Waals surface area (Å²) in [5.41, 5.74) is 0.